The second-order valence-electron chi connectivity index (χ2n) is 4.79. The van der Waals surface area contributed by atoms with Crippen LogP contribution in [0.25, 0.3) is 0 Å². The molecule has 4 heteroatoms. The molecule has 0 aromatic heterocycles. The van der Waals surface area contributed by atoms with E-state index in [0.717, 1.165) is 12.8 Å². The summed E-state index contributed by atoms with van der Waals surface area (Å²) in [6.07, 6.45) is 2.31. The van der Waals surface area contributed by atoms with Gasteiger partial charge in [0.25, 0.3) is 0 Å². The SMILES string of the molecule is CCCC(CC(=O)O)NC(=O)C(C)(C)CC. The third kappa shape index (κ3) is 5.14. The Labute approximate surface area is 97.4 Å². The van der Waals surface area contributed by atoms with Crippen LogP contribution in [0.5, 0.6) is 0 Å². The topological polar surface area (TPSA) is 66.4 Å². The molecule has 0 radical (unpaired) electrons. The van der Waals surface area contributed by atoms with Crippen molar-refractivity contribution in [1.29, 1.82) is 0 Å². The number of carbonyl (C=O) groups excluding carboxylic acids is 1. The first-order chi connectivity index (χ1) is 7.33. The quantitative estimate of drug-likeness (QED) is 0.703. The largest absolute Gasteiger partial charge is 0.481 e. The summed E-state index contributed by atoms with van der Waals surface area (Å²) in [7, 11) is 0. The predicted molar refractivity (Wildman–Crippen MR) is 63.2 cm³/mol. The van der Waals surface area contributed by atoms with E-state index in [-0.39, 0.29) is 18.4 Å². The number of rotatable bonds is 7. The Morgan fingerprint density at radius 3 is 2.25 bits per heavy atom. The van der Waals surface area contributed by atoms with E-state index in [0.29, 0.717) is 6.42 Å². The van der Waals surface area contributed by atoms with Crippen molar-refractivity contribution in [3.8, 4) is 0 Å². The lowest BCUT2D eigenvalue weighted by atomic mass is 9.88. The number of aliphatic carboxylic acids is 1. The summed E-state index contributed by atoms with van der Waals surface area (Å²) in [5.74, 6) is -0.928. The zero-order valence-corrected chi connectivity index (χ0v) is 10.7. The first-order valence-electron chi connectivity index (χ1n) is 5.86. The smallest absolute Gasteiger partial charge is 0.305 e. The summed E-state index contributed by atoms with van der Waals surface area (Å²) in [6, 6.07) is -0.249. The van der Waals surface area contributed by atoms with Crippen LogP contribution < -0.4 is 5.32 Å². The van der Waals surface area contributed by atoms with Crippen molar-refractivity contribution >= 4 is 11.9 Å². The molecular formula is C12H23NO3. The molecule has 0 aromatic carbocycles. The third-order valence-corrected chi connectivity index (χ3v) is 2.89. The van der Waals surface area contributed by atoms with E-state index >= 15 is 0 Å². The number of carboxylic acid groups (broad SMARTS) is 1. The Kier molecular flexibility index (Phi) is 6.08. The first-order valence-corrected chi connectivity index (χ1v) is 5.86. The average Bonchev–Trinajstić information content (AvgIpc) is 2.17. The summed E-state index contributed by atoms with van der Waals surface area (Å²) in [5.41, 5.74) is -0.426. The molecule has 0 aromatic rings. The van der Waals surface area contributed by atoms with E-state index in [1.165, 1.54) is 0 Å². The van der Waals surface area contributed by atoms with Crippen LogP contribution in [-0.4, -0.2) is 23.0 Å². The Balaban J connectivity index is 4.39. The normalized spacial score (nSPS) is 13.2. The van der Waals surface area contributed by atoms with Crippen molar-refractivity contribution in [2.75, 3.05) is 0 Å². The van der Waals surface area contributed by atoms with E-state index in [1.54, 1.807) is 0 Å². The Morgan fingerprint density at radius 1 is 1.31 bits per heavy atom. The van der Waals surface area contributed by atoms with Gasteiger partial charge >= 0.3 is 5.97 Å². The monoisotopic (exact) mass is 229 g/mol. The van der Waals surface area contributed by atoms with Crippen molar-refractivity contribution < 1.29 is 14.7 Å². The molecule has 1 unspecified atom stereocenters. The maximum Gasteiger partial charge on any atom is 0.305 e. The molecular weight excluding hydrogens is 206 g/mol. The highest BCUT2D eigenvalue weighted by atomic mass is 16.4. The van der Waals surface area contributed by atoms with Crippen LogP contribution in [0.3, 0.4) is 0 Å². The minimum Gasteiger partial charge on any atom is -0.481 e. The second kappa shape index (κ2) is 6.51. The van der Waals surface area contributed by atoms with Gasteiger partial charge in [-0.1, -0.05) is 34.1 Å². The number of nitrogens with one attached hydrogen (secondary N) is 1. The Hall–Kier alpha value is -1.06. The van der Waals surface area contributed by atoms with Gasteiger partial charge in [-0.15, -0.1) is 0 Å². The third-order valence-electron chi connectivity index (χ3n) is 2.89. The van der Waals surface area contributed by atoms with Crippen molar-refractivity contribution in [2.24, 2.45) is 5.41 Å². The summed E-state index contributed by atoms with van der Waals surface area (Å²) in [6.45, 7) is 7.66. The van der Waals surface area contributed by atoms with Gasteiger partial charge in [-0.05, 0) is 12.8 Å². The van der Waals surface area contributed by atoms with Gasteiger partial charge < -0.3 is 10.4 Å². The van der Waals surface area contributed by atoms with E-state index in [9.17, 15) is 9.59 Å². The van der Waals surface area contributed by atoms with Crippen molar-refractivity contribution in [2.45, 2.75) is 59.4 Å². The Bertz CT molecular complexity index is 249. The number of amides is 1. The number of carboxylic acids is 1. The van der Waals surface area contributed by atoms with Gasteiger partial charge in [0.15, 0.2) is 0 Å². The minimum absolute atomic E-state index is 0.000621. The zero-order chi connectivity index (χ0) is 12.8. The fourth-order valence-electron chi connectivity index (χ4n) is 1.33. The lowest BCUT2D eigenvalue weighted by Crippen LogP contribution is -2.43. The second-order valence-corrected chi connectivity index (χ2v) is 4.79. The molecule has 0 bridgehead atoms. The molecule has 0 rings (SSSR count). The molecule has 0 heterocycles. The zero-order valence-electron chi connectivity index (χ0n) is 10.7. The summed E-state index contributed by atoms with van der Waals surface area (Å²) >= 11 is 0. The van der Waals surface area contributed by atoms with Crippen LogP contribution in [0.15, 0.2) is 0 Å². The number of carbonyl (C=O) groups is 2. The lowest BCUT2D eigenvalue weighted by Gasteiger charge is -2.25. The summed E-state index contributed by atoms with van der Waals surface area (Å²) in [4.78, 5) is 22.5. The van der Waals surface area contributed by atoms with Gasteiger partial charge in [0.05, 0.1) is 6.42 Å². The molecule has 94 valence electrons. The average molecular weight is 229 g/mol. The van der Waals surface area contributed by atoms with Crippen LogP contribution in [0, 0.1) is 5.41 Å². The molecule has 2 N–H and O–H groups in total. The van der Waals surface area contributed by atoms with E-state index in [4.69, 9.17) is 5.11 Å². The number of hydrogen-bond donors (Lipinski definition) is 2. The molecule has 1 amide bonds. The highest BCUT2D eigenvalue weighted by molar-refractivity contribution is 5.82. The maximum absolute atomic E-state index is 11.9. The minimum atomic E-state index is -0.868. The van der Waals surface area contributed by atoms with E-state index in [2.05, 4.69) is 5.32 Å². The maximum atomic E-state index is 11.9. The van der Waals surface area contributed by atoms with Gasteiger partial charge in [0.1, 0.15) is 0 Å². The molecule has 1 atom stereocenters. The van der Waals surface area contributed by atoms with E-state index in [1.807, 2.05) is 27.7 Å². The van der Waals surface area contributed by atoms with Crippen LogP contribution >= 0.6 is 0 Å². The highest BCUT2D eigenvalue weighted by Gasteiger charge is 2.27. The molecule has 4 nitrogen and oxygen atoms in total. The van der Waals surface area contributed by atoms with Gasteiger partial charge in [-0.3, -0.25) is 9.59 Å². The van der Waals surface area contributed by atoms with Crippen LogP contribution in [0.2, 0.25) is 0 Å². The summed E-state index contributed by atoms with van der Waals surface area (Å²) in [5, 5.41) is 11.6. The molecule has 0 spiro atoms. The van der Waals surface area contributed by atoms with Crippen molar-refractivity contribution in [3.63, 3.8) is 0 Å². The van der Waals surface area contributed by atoms with Gasteiger partial charge in [0.2, 0.25) is 5.91 Å². The standard InChI is InChI=1S/C12H23NO3/c1-5-7-9(8-10(14)15)13-11(16)12(3,4)6-2/h9H,5-8H2,1-4H3,(H,13,16)(H,14,15). The first kappa shape index (κ1) is 14.9. The van der Waals surface area contributed by atoms with Crippen molar-refractivity contribution in [3.05, 3.63) is 0 Å². The fraction of sp³-hybridized carbons (Fsp3) is 0.833. The molecule has 0 fully saturated rings. The highest BCUT2D eigenvalue weighted by Crippen LogP contribution is 2.20. The molecule has 0 aliphatic heterocycles. The molecule has 16 heavy (non-hydrogen) atoms. The fourth-order valence-corrected chi connectivity index (χ4v) is 1.33. The Morgan fingerprint density at radius 2 is 1.88 bits per heavy atom. The lowest BCUT2D eigenvalue weighted by molar-refractivity contribution is -0.138. The van der Waals surface area contributed by atoms with Crippen LogP contribution in [0.1, 0.15) is 53.4 Å². The predicted octanol–water partition coefficient (Wildman–Crippen LogP) is 2.18. The molecule has 0 saturated carbocycles. The number of hydrogen-bond acceptors (Lipinski definition) is 2. The van der Waals surface area contributed by atoms with E-state index < -0.39 is 11.4 Å². The van der Waals surface area contributed by atoms with Crippen LogP contribution in [0.4, 0.5) is 0 Å². The van der Waals surface area contributed by atoms with Gasteiger partial charge in [-0.25, -0.2) is 0 Å². The molecule has 0 aliphatic rings. The van der Waals surface area contributed by atoms with Gasteiger partial charge in [-0.2, -0.15) is 0 Å². The van der Waals surface area contributed by atoms with Gasteiger partial charge in [0, 0.05) is 11.5 Å². The summed E-state index contributed by atoms with van der Waals surface area (Å²) < 4.78 is 0. The van der Waals surface area contributed by atoms with Crippen LogP contribution in [-0.2, 0) is 9.59 Å². The van der Waals surface area contributed by atoms with Crippen molar-refractivity contribution in [1.82, 2.24) is 5.32 Å². The molecule has 0 aliphatic carbocycles. The molecule has 0 saturated heterocycles.